The zero-order chi connectivity index (χ0) is 21.6. The molecule has 1 N–H and O–H groups in total. The molecule has 4 aromatic rings. The lowest BCUT2D eigenvalue weighted by molar-refractivity contribution is -0.118. The van der Waals surface area contributed by atoms with Gasteiger partial charge in [-0.15, -0.1) is 0 Å². The van der Waals surface area contributed by atoms with E-state index >= 15 is 0 Å². The van der Waals surface area contributed by atoms with E-state index in [0.29, 0.717) is 28.7 Å². The van der Waals surface area contributed by atoms with Crippen LogP contribution in [0.5, 0.6) is 11.5 Å². The fourth-order valence-electron chi connectivity index (χ4n) is 2.91. The summed E-state index contributed by atoms with van der Waals surface area (Å²) in [4.78, 5) is 16.7. The molecule has 0 radical (unpaired) electrons. The Morgan fingerprint density at radius 2 is 1.71 bits per heavy atom. The van der Waals surface area contributed by atoms with Crippen LogP contribution in [0.1, 0.15) is 5.56 Å². The molecule has 7 nitrogen and oxygen atoms in total. The number of methoxy groups -OCH3 is 1. The van der Waals surface area contributed by atoms with Crippen LogP contribution in [0, 0.1) is 6.92 Å². The molecule has 4 rings (SSSR count). The Morgan fingerprint density at radius 1 is 0.968 bits per heavy atom. The van der Waals surface area contributed by atoms with Crippen LogP contribution >= 0.6 is 0 Å². The Morgan fingerprint density at radius 3 is 2.45 bits per heavy atom. The van der Waals surface area contributed by atoms with Crippen LogP contribution in [-0.2, 0) is 4.79 Å². The van der Waals surface area contributed by atoms with E-state index < -0.39 is 0 Å². The third-order valence-corrected chi connectivity index (χ3v) is 4.56. The maximum Gasteiger partial charge on any atom is 0.262 e. The predicted molar refractivity (Wildman–Crippen MR) is 117 cm³/mol. The standard InChI is InChI=1S/C24H21N3O4/c1-16-6-10-21(11-7-16)30-15-22(28)25-19-5-3-4-18(14-19)24-26-23(27-31-24)17-8-12-20(29-2)13-9-17/h3-14H,15H2,1-2H3,(H,25,28). The summed E-state index contributed by atoms with van der Waals surface area (Å²) >= 11 is 0. The van der Waals surface area contributed by atoms with Gasteiger partial charge in [-0.25, -0.2) is 0 Å². The fraction of sp³-hybridized carbons (Fsp3) is 0.125. The number of hydrogen-bond donors (Lipinski definition) is 1. The van der Waals surface area contributed by atoms with Crippen molar-refractivity contribution < 1.29 is 18.8 Å². The van der Waals surface area contributed by atoms with E-state index in [-0.39, 0.29) is 12.5 Å². The van der Waals surface area contributed by atoms with Crippen molar-refractivity contribution in [2.75, 3.05) is 19.0 Å². The number of aromatic nitrogens is 2. The summed E-state index contributed by atoms with van der Waals surface area (Å²) in [7, 11) is 1.61. The van der Waals surface area contributed by atoms with Gasteiger partial charge in [-0.3, -0.25) is 4.79 Å². The SMILES string of the molecule is COc1ccc(-c2noc(-c3cccc(NC(=O)COc4ccc(C)cc4)c3)n2)cc1. The minimum Gasteiger partial charge on any atom is -0.497 e. The van der Waals surface area contributed by atoms with E-state index in [1.165, 1.54) is 0 Å². The molecule has 7 heteroatoms. The molecule has 0 atom stereocenters. The third-order valence-electron chi connectivity index (χ3n) is 4.56. The Labute approximate surface area is 179 Å². The highest BCUT2D eigenvalue weighted by atomic mass is 16.5. The number of benzene rings is 3. The van der Waals surface area contributed by atoms with Gasteiger partial charge in [0.2, 0.25) is 5.82 Å². The first-order valence-electron chi connectivity index (χ1n) is 9.68. The van der Waals surface area contributed by atoms with Gasteiger partial charge in [0.1, 0.15) is 11.5 Å². The number of anilines is 1. The van der Waals surface area contributed by atoms with Crippen LogP contribution in [-0.4, -0.2) is 29.8 Å². The summed E-state index contributed by atoms with van der Waals surface area (Å²) in [6.07, 6.45) is 0. The van der Waals surface area contributed by atoms with Gasteiger partial charge in [0.15, 0.2) is 6.61 Å². The Kier molecular flexibility index (Phi) is 5.93. The summed E-state index contributed by atoms with van der Waals surface area (Å²) in [6, 6.07) is 22.1. The number of carbonyl (C=O) groups excluding carboxylic acids is 1. The van der Waals surface area contributed by atoms with Crippen molar-refractivity contribution in [3.05, 3.63) is 78.4 Å². The second kappa shape index (κ2) is 9.13. The molecule has 0 saturated heterocycles. The molecule has 3 aromatic carbocycles. The lowest BCUT2D eigenvalue weighted by Crippen LogP contribution is -2.20. The van der Waals surface area contributed by atoms with E-state index in [2.05, 4.69) is 15.5 Å². The van der Waals surface area contributed by atoms with Crippen LogP contribution in [0.4, 0.5) is 5.69 Å². The number of aryl methyl sites for hydroxylation is 1. The van der Waals surface area contributed by atoms with Gasteiger partial charge in [-0.1, -0.05) is 28.9 Å². The molecule has 156 valence electrons. The highest BCUT2D eigenvalue weighted by Crippen LogP contribution is 2.25. The van der Waals surface area contributed by atoms with Crippen molar-refractivity contribution in [1.82, 2.24) is 10.1 Å². The lowest BCUT2D eigenvalue weighted by Gasteiger charge is -2.08. The van der Waals surface area contributed by atoms with Gasteiger partial charge in [-0.2, -0.15) is 4.98 Å². The van der Waals surface area contributed by atoms with E-state index in [0.717, 1.165) is 16.9 Å². The Hall–Kier alpha value is -4.13. The molecule has 0 unspecified atom stereocenters. The first-order chi connectivity index (χ1) is 15.1. The molecule has 0 fully saturated rings. The van der Waals surface area contributed by atoms with Gasteiger partial charge < -0.3 is 19.3 Å². The molecule has 0 aliphatic rings. The van der Waals surface area contributed by atoms with Gasteiger partial charge in [0.25, 0.3) is 11.8 Å². The normalized spacial score (nSPS) is 10.5. The summed E-state index contributed by atoms with van der Waals surface area (Å²) in [6.45, 7) is 1.91. The summed E-state index contributed by atoms with van der Waals surface area (Å²) in [5.74, 6) is 1.97. The van der Waals surface area contributed by atoms with Crippen LogP contribution in [0.3, 0.4) is 0 Å². The molecule has 0 aliphatic carbocycles. The molecular weight excluding hydrogens is 394 g/mol. The zero-order valence-electron chi connectivity index (χ0n) is 17.2. The van der Waals surface area contributed by atoms with Crippen molar-refractivity contribution in [2.24, 2.45) is 0 Å². The van der Waals surface area contributed by atoms with Gasteiger partial charge in [0, 0.05) is 16.8 Å². The Balaban J connectivity index is 1.41. The molecular formula is C24H21N3O4. The molecule has 1 heterocycles. The molecule has 0 spiro atoms. The first kappa shape index (κ1) is 20.2. The van der Waals surface area contributed by atoms with E-state index in [9.17, 15) is 4.79 Å². The van der Waals surface area contributed by atoms with E-state index in [4.69, 9.17) is 14.0 Å². The van der Waals surface area contributed by atoms with E-state index in [1.54, 1.807) is 19.2 Å². The topological polar surface area (TPSA) is 86.5 Å². The van der Waals surface area contributed by atoms with Crippen LogP contribution < -0.4 is 14.8 Å². The predicted octanol–water partition coefficient (Wildman–Crippen LogP) is 4.74. The fourth-order valence-corrected chi connectivity index (χ4v) is 2.91. The van der Waals surface area contributed by atoms with Crippen molar-refractivity contribution in [1.29, 1.82) is 0 Å². The summed E-state index contributed by atoms with van der Waals surface area (Å²) in [5.41, 5.74) is 3.25. The molecule has 0 bridgehead atoms. The molecule has 0 saturated carbocycles. The number of rotatable bonds is 7. The maximum atomic E-state index is 12.2. The number of carbonyl (C=O) groups is 1. The highest BCUT2D eigenvalue weighted by molar-refractivity contribution is 5.92. The largest absolute Gasteiger partial charge is 0.497 e. The first-order valence-corrected chi connectivity index (χ1v) is 9.68. The third kappa shape index (κ3) is 5.08. The molecule has 31 heavy (non-hydrogen) atoms. The monoisotopic (exact) mass is 415 g/mol. The summed E-state index contributed by atoms with van der Waals surface area (Å²) in [5, 5.41) is 6.86. The van der Waals surface area contributed by atoms with Gasteiger partial charge >= 0.3 is 0 Å². The van der Waals surface area contributed by atoms with Gasteiger partial charge in [0.05, 0.1) is 7.11 Å². The summed E-state index contributed by atoms with van der Waals surface area (Å²) < 4.78 is 16.1. The number of nitrogens with one attached hydrogen (secondary N) is 1. The number of amides is 1. The molecule has 0 aliphatic heterocycles. The maximum absolute atomic E-state index is 12.2. The van der Waals surface area contributed by atoms with Crippen LogP contribution in [0.25, 0.3) is 22.8 Å². The number of nitrogens with zero attached hydrogens (tertiary/aromatic N) is 2. The molecule has 1 amide bonds. The average molecular weight is 415 g/mol. The minimum atomic E-state index is -0.262. The smallest absolute Gasteiger partial charge is 0.262 e. The lowest BCUT2D eigenvalue weighted by atomic mass is 10.2. The van der Waals surface area contributed by atoms with Gasteiger partial charge in [-0.05, 0) is 61.5 Å². The second-order valence-corrected chi connectivity index (χ2v) is 6.88. The number of hydrogen-bond acceptors (Lipinski definition) is 6. The Bertz CT molecular complexity index is 1170. The number of ether oxygens (including phenoxy) is 2. The zero-order valence-corrected chi connectivity index (χ0v) is 17.2. The van der Waals surface area contributed by atoms with Crippen LogP contribution in [0.2, 0.25) is 0 Å². The van der Waals surface area contributed by atoms with Crippen molar-refractivity contribution in [3.8, 4) is 34.3 Å². The average Bonchev–Trinajstić information content (AvgIpc) is 3.29. The second-order valence-electron chi connectivity index (χ2n) is 6.88. The van der Waals surface area contributed by atoms with E-state index in [1.807, 2.05) is 67.6 Å². The van der Waals surface area contributed by atoms with Crippen molar-refractivity contribution in [3.63, 3.8) is 0 Å². The van der Waals surface area contributed by atoms with Crippen LogP contribution in [0.15, 0.2) is 77.3 Å². The quantitative estimate of drug-likeness (QED) is 0.469. The van der Waals surface area contributed by atoms with Crippen molar-refractivity contribution >= 4 is 11.6 Å². The molecule has 1 aromatic heterocycles. The van der Waals surface area contributed by atoms with Crippen molar-refractivity contribution in [2.45, 2.75) is 6.92 Å². The highest BCUT2D eigenvalue weighted by Gasteiger charge is 2.12. The minimum absolute atomic E-state index is 0.0878.